The van der Waals surface area contributed by atoms with Crippen LogP contribution in [0.3, 0.4) is 0 Å². The predicted octanol–water partition coefficient (Wildman–Crippen LogP) is 4.85. The fourth-order valence-corrected chi connectivity index (χ4v) is 2.61. The lowest BCUT2D eigenvalue weighted by Crippen LogP contribution is -1.94. The van der Waals surface area contributed by atoms with E-state index in [0.29, 0.717) is 0 Å². The Morgan fingerprint density at radius 1 is 0.696 bits per heavy atom. The van der Waals surface area contributed by atoms with Gasteiger partial charge in [0.05, 0.1) is 0 Å². The first-order valence-corrected chi connectivity index (χ1v) is 8.06. The summed E-state index contributed by atoms with van der Waals surface area (Å²) in [4.78, 5) is 8.76. The molecule has 2 heteroatoms. The van der Waals surface area contributed by atoms with Crippen molar-refractivity contribution < 1.29 is 0 Å². The number of aryl methyl sites for hydroxylation is 5. The van der Waals surface area contributed by atoms with Crippen molar-refractivity contribution in [2.45, 2.75) is 33.6 Å². The average Bonchev–Trinajstić information content (AvgIpc) is 2.57. The van der Waals surface area contributed by atoms with E-state index in [1.807, 2.05) is 19.3 Å². The average molecular weight is 302 g/mol. The van der Waals surface area contributed by atoms with Crippen LogP contribution in [0.5, 0.6) is 0 Å². The molecule has 1 aromatic heterocycles. The lowest BCUT2D eigenvalue weighted by atomic mass is 10.00. The number of aromatic nitrogens is 2. The van der Waals surface area contributed by atoms with Gasteiger partial charge in [-0.1, -0.05) is 42.5 Å². The Kier molecular flexibility index (Phi) is 4.52. The molecule has 3 rings (SSSR count). The largest absolute Gasteiger partial charge is 0.236 e. The Hall–Kier alpha value is -2.48. The molecule has 0 unspecified atom stereocenters. The second-order valence-electron chi connectivity index (χ2n) is 6.20. The molecule has 1 heterocycles. The van der Waals surface area contributed by atoms with E-state index in [1.54, 1.807) is 0 Å². The van der Waals surface area contributed by atoms with E-state index < -0.39 is 0 Å². The van der Waals surface area contributed by atoms with Crippen LogP contribution >= 0.6 is 0 Å². The zero-order valence-electron chi connectivity index (χ0n) is 14.0. The van der Waals surface area contributed by atoms with E-state index in [4.69, 9.17) is 0 Å². The van der Waals surface area contributed by atoms with Crippen LogP contribution in [-0.2, 0) is 12.8 Å². The smallest absolute Gasteiger partial charge is 0.159 e. The Morgan fingerprint density at radius 3 is 1.96 bits per heavy atom. The van der Waals surface area contributed by atoms with Crippen LogP contribution in [-0.4, -0.2) is 9.97 Å². The third-order valence-electron chi connectivity index (χ3n) is 4.27. The van der Waals surface area contributed by atoms with Crippen LogP contribution in [0.25, 0.3) is 11.4 Å². The van der Waals surface area contributed by atoms with Gasteiger partial charge in [0.1, 0.15) is 0 Å². The van der Waals surface area contributed by atoms with Gasteiger partial charge in [0.25, 0.3) is 0 Å². The summed E-state index contributed by atoms with van der Waals surface area (Å²) >= 11 is 0. The molecule has 0 spiro atoms. The summed E-state index contributed by atoms with van der Waals surface area (Å²) < 4.78 is 0. The fraction of sp³-hybridized carbons (Fsp3) is 0.238. The summed E-state index contributed by atoms with van der Waals surface area (Å²) in [5.41, 5.74) is 7.63. The minimum Gasteiger partial charge on any atom is -0.236 e. The molecule has 3 aromatic rings. The second kappa shape index (κ2) is 6.74. The van der Waals surface area contributed by atoms with Crippen molar-refractivity contribution in [2.24, 2.45) is 0 Å². The normalized spacial score (nSPS) is 10.7. The van der Waals surface area contributed by atoms with Gasteiger partial charge >= 0.3 is 0 Å². The van der Waals surface area contributed by atoms with Crippen LogP contribution < -0.4 is 0 Å². The maximum atomic E-state index is 4.38. The highest BCUT2D eigenvalue weighted by Crippen LogP contribution is 2.17. The summed E-state index contributed by atoms with van der Waals surface area (Å²) in [7, 11) is 0. The number of hydrogen-bond acceptors (Lipinski definition) is 2. The molecule has 0 radical (unpaired) electrons. The van der Waals surface area contributed by atoms with Gasteiger partial charge in [0, 0.05) is 18.0 Å². The van der Waals surface area contributed by atoms with Gasteiger partial charge in [-0.05, 0) is 61.4 Å². The first-order valence-electron chi connectivity index (χ1n) is 8.06. The van der Waals surface area contributed by atoms with Crippen molar-refractivity contribution in [1.82, 2.24) is 9.97 Å². The van der Waals surface area contributed by atoms with E-state index >= 15 is 0 Å². The Balaban J connectivity index is 1.67. The Labute approximate surface area is 138 Å². The topological polar surface area (TPSA) is 25.8 Å². The van der Waals surface area contributed by atoms with Crippen molar-refractivity contribution >= 4 is 0 Å². The van der Waals surface area contributed by atoms with Crippen molar-refractivity contribution in [3.63, 3.8) is 0 Å². The quantitative estimate of drug-likeness (QED) is 0.688. The highest BCUT2D eigenvalue weighted by Gasteiger charge is 2.02. The van der Waals surface area contributed by atoms with Crippen LogP contribution in [0.4, 0.5) is 0 Å². The zero-order valence-corrected chi connectivity index (χ0v) is 14.0. The molecule has 0 aliphatic rings. The molecular formula is C21H22N2. The molecule has 0 saturated heterocycles. The summed E-state index contributed by atoms with van der Waals surface area (Å²) in [6.07, 6.45) is 5.84. The first-order chi connectivity index (χ1) is 11.1. The van der Waals surface area contributed by atoms with Gasteiger partial charge in [-0.15, -0.1) is 0 Å². The van der Waals surface area contributed by atoms with Gasteiger partial charge in [0.15, 0.2) is 5.82 Å². The van der Waals surface area contributed by atoms with E-state index in [2.05, 4.69) is 66.3 Å². The molecule has 2 aromatic carbocycles. The molecule has 23 heavy (non-hydrogen) atoms. The van der Waals surface area contributed by atoms with Crippen molar-refractivity contribution in [1.29, 1.82) is 0 Å². The first kappa shape index (κ1) is 15.4. The van der Waals surface area contributed by atoms with Crippen LogP contribution in [0.2, 0.25) is 0 Å². The molecule has 0 bridgehead atoms. The molecule has 0 saturated carbocycles. The second-order valence-corrected chi connectivity index (χ2v) is 6.20. The minimum atomic E-state index is 0.788. The van der Waals surface area contributed by atoms with E-state index in [-0.39, 0.29) is 0 Å². The molecule has 116 valence electrons. The number of benzene rings is 2. The molecule has 0 amide bonds. The van der Waals surface area contributed by atoms with Crippen LogP contribution in [0.15, 0.2) is 54.9 Å². The summed E-state index contributed by atoms with van der Waals surface area (Å²) in [5, 5.41) is 0. The van der Waals surface area contributed by atoms with Gasteiger partial charge in [0.2, 0.25) is 0 Å². The standard InChI is InChI=1S/C21H22N2/c1-15-13-22-21(23-14-15)20-10-8-18(9-11-20)6-7-19-5-4-16(2)17(3)12-19/h4-5,8-14H,6-7H2,1-3H3. The lowest BCUT2D eigenvalue weighted by molar-refractivity contribution is 0.956. The molecule has 0 fully saturated rings. The minimum absolute atomic E-state index is 0.788. The maximum Gasteiger partial charge on any atom is 0.159 e. The third-order valence-corrected chi connectivity index (χ3v) is 4.27. The van der Waals surface area contributed by atoms with Crippen molar-refractivity contribution in [3.05, 3.63) is 82.7 Å². The van der Waals surface area contributed by atoms with Gasteiger partial charge in [-0.25, -0.2) is 9.97 Å². The van der Waals surface area contributed by atoms with Crippen molar-refractivity contribution in [2.75, 3.05) is 0 Å². The maximum absolute atomic E-state index is 4.38. The number of hydrogen-bond donors (Lipinski definition) is 0. The van der Waals surface area contributed by atoms with E-state index in [0.717, 1.165) is 29.8 Å². The van der Waals surface area contributed by atoms with Gasteiger partial charge < -0.3 is 0 Å². The molecule has 0 atom stereocenters. The zero-order chi connectivity index (χ0) is 16.2. The number of nitrogens with zero attached hydrogens (tertiary/aromatic N) is 2. The van der Waals surface area contributed by atoms with Gasteiger partial charge in [-0.2, -0.15) is 0 Å². The van der Waals surface area contributed by atoms with Crippen molar-refractivity contribution in [3.8, 4) is 11.4 Å². The lowest BCUT2D eigenvalue weighted by Gasteiger charge is -2.06. The molecule has 0 aliphatic carbocycles. The third kappa shape index (κ3) is 3.84. The highest BCUT2D eigenvalue weighted by atomic mass is 14.9. The molecule has 0 aliphatic heterocycles. The molecule has 2 nitrogen and oxygen atoms in total. The van der Waals surface area contributed by atoms with E-state index in [9.17, 15) is 0 Å². The van der Waals surface area contributed by atoms with Crippen LogP contribution in [0, 0.1) is 20.8 Å². The highest BCUT2D eigenvalue weighted by molar-refractivity contribution is 5.55. The Bertz CT molecular complexity index is 787. The molecular weight excluding hydrogens is 280 g/mol. The summed E-state index contributed by atoms with van der Waals surface area (Å²) in [6.45, 7) is 6.33. The number of rotatable bonds is 4. The summed E-state index contributed by atoms with van der Waals surface area (Å²) in [6, 6.07) is 15.3. The van der Waals surface area contributed by atoms with Crippen LogP contribution in [0.1, 0.15) is 27.8 Å². The predicted molar refractivity (Wildman–Crippen MR) is 95.5 cm³/mol. The fourth-order valence-electron chi connectivity index (χ4n) is 2.61. The Morgan fingerprint density at radius 2 is 1.30 bits per heavy atom. The SMILES string of the molecule is Cc1cnc(-c2ccc(CCc3ccc(C)c(C)c3)cc2)nc1. The van der Waals surface area contributed by atoms with Gasteiger partial charge in [-0.3, -0.25) is 0 Å². The molecule has 0 N–H and O–H groups in total. The monoisotopic (exact) mass is 302 g/mol. The van der Waals surface area contributed by atoms with E-state index in [1.165, 1.54) is 22.3 Å². The summed E-state index contributed by atoms with van der Waals surface area (Å²) in [5.74, 6) is 0.788.